The number of aromatic nitrogens is 2. The molecule has 190 valence electrons. The van der Waals surface area contributed by atoms with E-state index in [1.165, 1.54) is 35.4 Å². The van der Waals surface area contributed by atoms with Gasteiger partial charge in [0.15, 0.2) is 0 Å². The second-order valence-corrected chi connectivity index (χ2v) is 11.9. The molecule has 2 heterocycles. The Morgan fingerprint density at radius 3 is 1.46 bits per heavy atom. The number of aryl methyl sites for hydroxylation is 6. The quantitative estimate of drug-likeness (QED) is 0.621. The van der Waals surface area contributed by atoms with E-state index in [0.29, 0.717) is 0 Å². The summed E-state index contributed by atoms with van der Waals surface area (Å²) in [6, 6.07) is 4.06. The van der Waals surface area contributed by atoms with E-state index in [2.05, 4.69) is 20.6 Å². The Kier molecular flexibility index (Phi) is 8.03. The fourth-order valence-corrected chi connectivity index (χ4v) is 4.59. The maximum Gasteiger partial charge on any atom is 0.253 e. The number of pyridine rings is 2. The summed E-state index contributed by atoms with van der Waals surface area (Å²) in [5, 5.41) is 5.99. The molecule has 2 N–H and O–H groups in total. The first-order chi connectivity index (χ1) is 16.2. The number of hydrogen-bond donors (Lipinski definition) is 2. The van der Waals surface area contributed by atoms with Crippen LogP contribution in [0.25, 0.3) is 0 Å². The van der Waals surface area contributed by atoms with Crippen LogP contribution in [0.1, 0.15) is 115 Å². The molecule has 0 aliphatic heterocycles. The maximum absolute atomic E-state index is 12.2. The summed E-state index contributed by atoms with van der Waals surface area (Å²) in [7, 11) is 0. The van der Waals surface area contributed by atoms with Gasteiger partial charge in [0.25, 0.3) is 11.8 Å². The molecule has 0 saturated carbocycles. The lowest BCUT2D eigenvalue weighted by atomic mass is 9.93. The van der Waals surface area contributed by atoms with E-state index >= 15 is 0 Å². The molecule has 35 heavy (non-hydrogen) atoms. The molecule has 0 atom stereocenters. The van der Waals surface area contributed by atoms with Crippen molar-refractivity contribution in [3.63, 3.8) is 0 Å². The van der Waals surface area contributed by atoms with Crippen molar-refractivity contribution < 1.29 is 9.59 Å². The van der Waals surface area contributed by atoms with Gasteiger partial charge in [-0.15, -0.1) is 0 Å². The zero-order valence-electron chi connectivity index (χ0n) is 22.8. The fourth-order valence-electron chi connectivity index (χ4n) is 4.59. The minimum atomic E-state index is -0.209. The molecule has 6 nitrogen and oxygen atoms in total. The maximum atomic E-state index is 12.2. The number of nitrogens with one attached hydrogen (secondary N) is 2. The Morgan fingerprint density at radius 2 is 1.03 bits per heavy atom. The van der Waals surface area contributed by atoms with Crippen LogP contribution in [0, 0.1) is 13.8 Å². The molecular weight excluding hydrogens is 436 g/mol. The normalized spacial score (nSPS) is 14.9. The van der Waals surface area contributed by atoms with Gasteiger partial charge < -0.3 is 10.6 Å². The van der Waals surface area contributed by atoms with Crippen molar-refractivity contribution in [2.45, 2.75) is 111 Å². The van der Waals surface area contributed by atoms with Crippen LogP contribution in [0.15, 0.2) is 12.1 Å². The second-order valence-electron chi connectivity index (χ2n) is 11.9. The zero-order chi connectivity index (χ0) is 26.0. The van der Waals surface area contributed by atoms with E-state index in [1.807, 2.05) is 67.5 Å². The number of nitrogens with zero attached hydrogens (tertiary/aromatic N) is 2. The highest BCUT2D eigenvalue weighted by Gasteiger charge is 2.22. The summed E-state index contributed by atoms with van der Waals surface area (Å²) in [5.41, 5.74) is 7.58. The van der Waals surface area contributed by atoms with Gasteiger partial charge in [0.1, 0.15) is 0 Å². The van der Waals surface area contributed by atoms with Crippen LogP contribution in [-0.2, 0) is 25.7 Å². The molecule has 0 radical (unpaired) electrons. The average molecular weight is 479 g/mol. The van der Waals surface area contributed by atoms with E-state index in [1.54, 1.807) is 0 Å². The van der Waals surface area contributed by atoms with E-state index in [4.69, 9.17) is 0 Å². The first kappa shape index (κ1) is 26.8. The van der Waals surface area contributed by atoms with E-state index in [0.717, 1.165) is 54.6 Å². The van der Waals surface area contributed by atoms with Crippen LogP contribution in [0.5, 0.6) is 0 Å². The van der Waals surface area contributed by atoms with E-state index in [-0.39, 0.29) is 22.9 Å². The molecular formula is C29H42N4O2. The Bertz CT molecular complexity index is 1110. The van der Waals surface area contributed by atoms with Crippen molar-refractivity contribution in [1.29, 1.82) is 0 Å². The largest absolute Gasteiger partial charge is 0.347 e. The van der Waals surface area contributed by atoms with Gasteiger partial charge in [-0.2, -0.15) is 0 Å². The molecule has 2 aromatic rings. The SMILES string of the molecule is Cc1nc2c(cc1C(=O)NC(C)(C)C)CCC2.Cc1nc2c(cc1C(=O)NC(C)(C)C)CCCC2. The van der Waals surface area contributed by atoms with Crippen molar-refractivity contribution in [2.24, 2.45) is 0 Å². The van der Waals surface area contributed by atoms with Gasteiger partial charge in [-0.05, 0) is 124 Å². The van der Waals surface area contributed by atoms with Gasteiger partial charge in [-0.1, -0.05) is 0 Å². The molecule has 4 rings (SSSR count). The molecule has 0 saturated heterocycles. The first-order valence-corrected chi connectivity index (χ1v) is 12.9. The third-order valence-corrected chi connectivity index (χ3v) is 6.20. The summed E-state index contributed by atoms with van der Waals surface area (Å²) in [4.78, 5) is 33.5. The smallest absolute Gasteiger partial charge is 0.253 e. The lowest BCUT2D eigenvalue weighted by Gasteiger charge is -2.22. The number of carbonyl (C=O) groups excluding carboxylic acids is 2. The molecule has 0 fully saturated rings. The third kappa shape index (κ3) is 7.36. The van der Waals surface area contributed by atoms with Crippen LogP contribution in [0.3, 0.4) is 0 Å². The van der Waals surface area contributed by atoms with Crippen molar-refractivity contribution in [1.82, 2.24) is 20.6 Å². The highest BCUT2D eigenvalue weighted by molar-refractivity contribution is 5.96. The molecule has 0 bridgehead atoms. The van der Waals surface area contributed by atoms with Gasteiger partial charge in [-0.25, -0.2) is 0 Å². The molecule has 6 heteroatoms. The summed E-state index contributed by atoms with van der Waals surface area (Å²) < 4.78 is 0. The van der Waals surface area contributed by atoms with Crippen molar-refractivity contribution >= 4 is 11.8 Å². The van der Waals surface area contributed by atoms with Crippen LogP contribution in [0.4, 0.5) is 0 Å². The van der Waals surface area contributed by atoms with Crippen molar-refractivity contribution in [3.05, 3.63) is 57.2 Å². The molecule has 2 amide bonds. The van der Waals surface area contributed by atoms with Crippen LogP contribution < -0.4 is 10.6 Å². The molecule has 0 unspecified atom stereocenters. The Labute approximate surface area is 210 Å². The number of amides is 2. The van der Waals surface area contributed by atoms with Crippen LogP contribution in [0.2, 0.25) is 0 Å². The van der Waals surface area contributed by atoms with Crippen LogP contribution in [-0.4, -0.2) is 32.9 Å². The topological polar surface area (TPSA) is 84.0 Å². The predicted octanol–water partition coefficient (Wildman–Crippen LogP) is 5.20. The molecule has 0 aromatic carbocycles. The van der Waals surface area contributed by atoms with Gasteiger partial charge in [0.2, 0.25) is 0 Å². The number of fused-ring (bicyclic) bond motifs is 2. The lowest BCUT2D eigenvalue weighted by Crippen LogP contribution is -2.41. The monoisotopic (exact) mass is 478 g/mol. The minimum Gasteiger partial charge on any atom is -0.347 e. The Morgan fingerprint density at radius 1 is 0.657 bits per heavy atom. The zero-order valence-corrected chi connectivity index (χ0v) is 22.8. The highest BCUT2D eigenvalue weighted by Crippen LogP contribution is 2.23. The van der Waals surface area contributed by atoms with Crippen molar-refractivity contribution in [2.75, 3.05) is 0 Å². The predicted molar refractivity (Wildman–Crippen MR) is 141 cm³/mol. The average Bonchev–Trinajstić information content (AvgIpc) is 3.17. The van der Waals surface area contributed by atoms with Gasteiger partial charge in [-0.3, -0.25) is 19.6 Å². The standard InChI is InChI=1S/C15H22N2O.C14H20N2O/c1-10-12(14(18)17-15(2,3)4)9-11-7-5-6-8-13(11)16-10;1-9-11(13(17)16-14(2,3)4)8-10-6-5-7-12(10)15-9/h9H,5-8H2,1-4H3,(H,17,18);8H,5-7H2,1-4H3,(H,16,17). The minimum absolute atomic E-state index is 0.0131. The molecule has 2 aromatic heterocycles. The third-order valence-electron chi connectivity index (χ3n) is 6.20. The van der Waals surface area contributed by atoms with E-state index in [9.17, 15) is 9.59 Å². The molecule has 0 spiro atoms. The molecule has 2 aliphatic rings. The highest BCUT2D eigenvalue weighted by atomic mass is 16.2. The number of carbonyl (C=O) groups is 2. The lowest BCUT2D eigenvalue weighted by molar-refractivity contribution is 0.0908. The van der Waals surface area contributed by atoms with Gasteiger partial charge in [0, 0.05) is 22.5 Å². The first-order valence-electron chi connectivity index (χ1n) is 12.9. The van der Waals surface area contributed by atoms with Gasteiger partial charge in [0.05, 0.1) is 22.5 Å². The summed E-state index contributed by atoms with van der Waals surface area (Å²) in [5.74, 6) is -0.0296. The molecule has 2 aliphatic carbocycles. The van der Waals surface area contributed by atoms with Crippen molar-refractivity contribution in [3.8, 4) is 0 Å². The Balaban J connectivity index is 0.000000196. The number of rotatable bonds is 2. The van der Waals surface area contributed by atoms with Crippen LogP contribution >= 0.6 is 0 Å². The van der Waals surface area contributed by atoms with E-state index < -0.39 is 0 Å². The fraction of sp³-hybridized carbons (Fsp3) is 0.586. The summed E-state index contributed by atoms with van der Waals surface area (Å²) >= 11 is 0. The Hall–Kier alpha value is -2.76. The number of hydrogen-bond acceptors (Lipinski definition) is 4. The second kappa shape index (κ2) is 10.5. The summed E-state index contributed by atoms with van der Waals surface area (Å²) in [6.45, 7) is 15.8. The van der Waals surface area contributed by atoms with Gasteiger partial charge >= 0.3 is 0 Å². The summed E-state index contributed by atoms with van der Waals surface area (Å²) in [6.07, 6.45) is 7.79.